The number of imidazole rings is 1. The molecule has 104 valence electrons. The number of nitrogens with two attached hydrogens (primary N) is 1. The summed E-state index contributed by atoms with van der Waals surface area (Å²) in [6.45, 7) is 4.14. The summed E-state index contributed by atoms with van der Waals surface area (Å²) in [7, 11) is 0. The molecule has 7 heteroatoms. The predicted octanol–water partition coefficient (Wildman–Crippen LogP) is -0.806. The molecule has 0 aromatic carbocycles. The molecule has 7 nitrogen and oxygen atoms in total. The summed E-state index contributed by atoms with van der Waals surface area (Å²) >= 11 is 0. The summed E-state index contributed by atoms with van der Waals surface area (Å²) in [6.07, 6.45) is 2.28. The molecule has 2 heterocycles. The minimum Gasteiger partial charge on any atom is -0.370 e. The third-order valence-electron chi connectivity index (χ3n) is 3.12. The van der Waals surface area contributed by atoms with Gasteiger partial charge in [0, 0.05) is 24.9 Å². The van der Waals surface area contributed by atoms with E-state index in [2.05, 4.69) is 20.6 Å². The van der Waals surface area contributed by atoms with Crippen LogP contribution in [0, 0.1) is 0 Å². The number of nitrogens with zero attached hydrogens (tertiary/aromatic N) is 1. The van der Waals surface area contributed by atoms with Crippen molar-refractivity contribution >= 4 is 11.8 Å². The van der Waals surface area contributed by atoms with Gasteiger partial charge in [0.15, 0.2) is 0 Å². The Bertz CT molecular complexity index is 494. The lowest BCUT2D eigenvalue weighted by molar-refractivity contribution is -0.125. The molecule has 1 atom stereocenters. The van der Waals surface area contributed by atoms with Crippen molar-refractivity contribution in [1.82, 2.24) is 20.6 Å². The van der Waals surface area contributed by atoms with Crippen molar-refractivity contribution < 1.29 is 9.59 Å². The van der Waals surface area contributed by atoms with E-state index < -0.39 is 11.4 Å². The summed E-state index contributed by atoms with van der Waals surface area (Å²) in [5.74, 6) is -0.573. The monoisotopic (exact) mass is 265 g/mol. The quantitative estimate of drug-likeness (QED) is 0.570. The average molecular weight is 265 g/mol. The van der Waals surface area contributed by atoms with Crippen LogP contribution in [-0.2, 0) is 22.6 Å². The zero-order valence-corrected chi connectivity index (χ0v) is 11.1. The molecular weight excluding hydrogens is 246 g/mol. The average Bonchev–Trinajstić information content (AvgIpc) is 2.72. The van der Waals surface area contributed by atoms with Gasteiger partial charge in [-0.25, -0.2) is 4.98 Å². The number of amides is 2. The Hall–Kier alpha value is -1.89. The van der Waals surface area contributed by atoms with Gasteiger partial charge in [0.2, 0.25) is 11.8 Å². The normalized spacial score (nSPS) is 18.7. The van der Waals surface area contributed by atoms with Crippen molar-refractivity contribution in [3.63, 3.8) is 0 Å². The van der Waals surface area contributed by atoms with Gasteiger partial charge in [-0.1, -0.05) is 0 Å². The molecule has 0 bridgehead atoms. The third kappa shape index (κ3) is 3.31. The molecule has 5 N–H and O–H groups in total. The minimum atomic E-state index is -0.642. The van der Waals surface area contributed by atoms with Gasteiger partial charge >= 0.3 is 0 Å². The number of fused-ring (bicyclic) bond motifs is 1. The van der Waals surface area contributed by atoms with E-state index in [1.807, 2.05) is 0 Å². The summed E-state index contributed by atoms with van der Waals surface area (Å²) in [4.78, 5) is 30.3. The molecule has 0 saturated heterocycles. The van der Waals surface area contributed by atoms with Gasteiger partial charge in [0.05, 0.1) is 23.8 Å². The van der Waals surface area contributed by atoms with Crippen LogP contribution < -0.4 is 16.4 Å². The van der Waals surface area contributed by atoms with E-state index in [1.54, 1.807) is 20.2 Å². The molecular formula is C12H19N5O2. The summed E-state index contributed by atoms with van der Waals surface area (Å²) in [5.41, 5.74) is 6.44. The molecule has 0 aliphatic carbocycles. The summed E-state index contributed by atoms with van der Waals surface area (Å²) in [6, 6.07) is -0.331. The zero-order chi connectivity index (χ0) is 14.0. The fourth-order valence-corrected chi connectivity index (χ4v) is 2.25. The Morgan fingerprint density at radius 2 is 2.32 bits per heavy atom. The molecule has 1 aromatic heterocycles. The van der Waals surface area contributed by atoms with Crippen LogP contribution in [0.4, 0.5) is 0 Å². The first-order valence-corrected chi connectivity index (χ1v) is 6.22. The van der Waals surface area contributed by atoms with E-state index in [4.69, 9.17) is 5.73 Å². The highest BCUT2D eigenvalue weighted by molar-refractivity contribution is 5.84. The van der Waals surface area contributed by atoms with Crippen LogP contribution >= 0.6 is 0 Å². The fourth-order valence-electron chi connectivity index (χ4n) is 2.25. The molecule has 1 aromatic rings. The number of hydrogen-bond donors (Lipinski definition) is 4. The lowest BCUT2D eigenvalue weighted by Crippen LogP contribution is -2.54. The molecule has 0 radical (unpaired) electrons. The first-order valence-electron chi connectivity index (χ1n) is 6.22. The lowest BCUT2D eigenvalue weighted by atomic mass is 9.98. The van der Waals surface area contributed by atoms with E-state index in [1.165, 1.54) is 0 Å². The Balaban J connectivity index is 1.96. The van der Waals surface area contributed by atoms with Crippen molar-refractivity contribution in [2.45, 2.75) is 44.8 Å². The van der Waals surface area contributed by atoms with Gasteiger partial charge in [-0.05, 0) is 13.8 Å². The number of primary amides is 1. The van der Waals surface area contributed by atoms with Crippen molar-refractivity contribution in [3.8, 4) is 0 Å². The predicted molar refractivity (Wildman–Crippen MR) is 69.0 cm³/mol. The van der Waals surface area contributed by atoms with Crippen molar-refractivity contribution in [3.05, 3.63) is 17.7 Å². The van der Waals surface area contributed by atoms with Crippen molar-refractivity contribution in [1.29, 1.82) is 0 Å². The standard InChI is InChI=1S/C12H19N5O2/c1-12(2,4-10(13)18)17-11(19)8-3-7-9(5-14-8)16-6-15-7/h6,8,14H,3-5H2,1-2H3,(H2,13,18)(H,15,16)(H,17,19). The highest BCUT2D eigenvalue weighted by Gasteiger charge is 2.30. The second kappa shape index (κ2) is 5.00. The highest BCUT2D eigenvalue weighted by Crippen LogP contribution is 2.14. The molecule has 1 unspecified atom stereocenters. The van der Waals surface area contributed by atoms with Crippen molar-refractivity contribution in [2.24, 2.45) is 5.73 Å². The van der Waals surface area contributed by atoms with Crippen LogP contribution in [0.2, 0.25) is 0 Å². The molecule has 1 aliphatic heterocycles. The van der Waals surface area contributed by atoms with Crippen LogP contribution in [0.25, 0.3) is 0 Å². The number of carbonyl (C=O) groups is 2. The Morgan fingerprint density at radius 3 is 3.00 bits per heavy atom. The zero-order valence-electron chi connectivity index (χ0n) is 11.1. The summed E-state index contributed by atoms with van der Waals surface area (Å²) in [5, 5.41) is 5.98. The molecule has 2 amide bonds. The van der Waals surface area contributed by atoms with Gasteiger partial charge in [-0.15, -0.1) is 0 Å². The van der Waals surface area contributed by atoms with Crippen LogP contribution in [-0.4, -0.2) is 33.4 Å². The number of aromatic nitrogens is 2. The van der Waals surface area contributed by atoms with Gasteiger partial charge in [-0.2, -0.15) is 0 Å². The molecule has 0 saturated carbocycles. The lowest BCUT2D eigenvalue weighted by Gasteiger charge is -2.29. The topological polar surface area (TPSA) is 113 Å². The number of rotatable bonds is 4. The largest absolute Gasteiger partial charge is 0.370 e. The van der Waals surface area contributed by atoms with E-state index in [9.17, 15) is 9.59 Å². The molecule has 0 spiro atoms. The fraction of sp³-hybridized carbons (Fsp3) is 0.583. The van der Waals surface area contributed by atoms with Crippen LogP contribution in [0.3, 0.4) is 0 Å². The molecule has 0 fully saturated rings. The maximum atomic E-state index is 12.2. The van der Waals surface area contributed by atoms with Crippen LogP contribution in [0.1, 0.15) is 31.7 Å². The summed E-state index contributed by atoms with van der Waals surface area (Å²) < 4.78 is 0. The number of H-pyrrole nitrogens is 1. The van der Waals surface area contributed by atoms with E-state index in [0.717, 1.165) is 11.4 Å². The Labute approximate surface area is 111 Å². The molecule has 1 aliphatic rings. The third-order valence-corrected chi connectivity index (χ3v) is 3.12. The van der Waals surface area contributed by atoms with E-state index in [-0.39, 0.29) is 18.4 Å². The smallest absolute Gasteiger partial charge is 0.237 e. The number of nitrogens with one attached hydrogen (secondary N) is 3. The SMILES string of the molecule is CC(C)(CC(N)=O)NC(=O)C1Cc2nc[nH]c2CN1. The second-order valence-corrected chi connectivity index (χ2v) is 5.48. The van der Waals surface area contributed by atoms with Crippen LogP contribution in [0.15, 0.2) is 6.33 Å². The molecule has 19 heavy (non-hydrogen) atoms. The second-order valence-electron chi connectivity index (χ2n) is 5.48. The van der Waals surface area contributed by atoms with E-state index >= 15 is 0 Å². The minimum absolute atomic E-state index is 0.110. The van der Waals surface area contributed by atoms with Gasteiger partial charge < -0.3 is 16.0 Å². The number of carbonyl (C=O) groups excluding carboxylic acids is 2. The Morgan fingerprint density at radius 1 is 1.58 bits per heavy atom. The number of aromatic amines is 1. The van der Waals surface area contributed by atoms with Crippen LogP contribution in [0.5, 0.6) is 0 Å². The maximum absolute atomic E-state index is 12.2. The highest BCUT2D eigenvalue weighted by atomic mass is 16.2. The van der Waals surface area contributed by atoms with E-state index in [0.29, 0.717) is 13.0 Å². The number of hydrogen-bond acceptors (Lipinski definition) is 4. The van der Waals surface area contributed by atoms with Gasteiger partial charge in [0.25, 0.3) is 0 Å². The first-order chi connectivity index (χ1) is 8.87. The van der Waals surface area contributed by atoms with Crippen molar-refractivity contribution in [2.75, 3.05) is 0 Å². The van der Waals surface area contributed by atoms with Gasteiger partial charge in [0.1, 0.15) is 0 Å². The molecule has 2 rings (SSSR count). The maximum Gasteiger partial charge on any atom is 0.237 e. The van der Waals surface area contributed by atoms with Gasteiger partial charge in [-0.3, -0.25) is 14.9 Å². The Kier molecular flexibility index (Phi) is 3.57. The first kappa shape index (κ1) is 13.5.